The summed E-state index contributed by atoms with van der Waals surface area (Å²) in [7, 11) is 1.56. The Hall–Kier alpha value is -1.72. The molecular weight excluding hydrogens is 476 g/mol. The Morgan fingerprint density at radius 3 is 2.41 bits per heavy atom. The molecule has 1 aromatic carbocycles. The van der Waals surface area contributed by atoms with Crippen molar-refractivity contribution < 1.29 is 22.7 Å². The molecule has 1 amide bonds. The molecule has 0 fully saturated rings. The maximum atomic E-state index is 12.2. The number of aliphatic imine (C=N–C) groups is 1. The Morgan fingerprint density at radius 2 is 1.85 bits per heavy atom. The van der Waals surface area contributed by atoms with Crippen molar-refractivity contribution in [2.45, 2.75) is 39.0 Å². The van der Waals surface area contributed by atoms with Gasteiger partial charge >= 0.3 is 6.18 Å². The molecule has 0 bridgehead atoms. The highest BCUT2D eigenvalue weighted by Crippen LogP contribution is 2.19. The number of hydrogen-bond acceptors (Lipinski definition) is 3. The number of carbonyl (C=O) groups is 1. The van der Waals surface area contributed by atoms with Crippen molar-refractivity contribution in [3.8, 4) is 5.75 Å². The van der Waals surface area contributed by atoms with Gasteiger partial charge in [0.2, 0.25) is 5.91 Å². The van der Waals surface area contributed by atoms with Crippen molar-refractivity contribution in [2.24, 2.45) is 4.99 Å². The molecular formula is C17H26F3IN4O2. The lowest BCUT2D eigenvalue weighted by Crippen LogP contribution is -2.48. The van der Waals surface area contributed by atoms with E-state index in [0.29, 0.717) is 18.1 Å². The molecule has 0 atom stereocenters. The number of carbonyl (C=O) groups excluding carboxylic acids is 1. The SMILES string of the molecule is CN=C(NCC(=O)NC(C)(C)C)NCc1cccc(OCC(F)(F)F)c1.I. The summed E-state index contributed by atoms with van der Waals surface area (Å²) in [5.41, 5.74) is 0.388. The van der Waals surface area contributed by atoms with E-state index in [0.717, 1.165) is 0 Å². The molecule has 0 aliphatic rings. The Balaban J connectivity index is 0.00000676. The number of nitrogens with one attached hydrogen (secondary N) is 3. The second-order valence-corrected chi connectivity index (χ2v) is 6.63. The van der Waals surface area contributed by atoms with Gasteiger partial charge in [0.05, 0.1) is 6.54 Å². The van der Waals surface area contributed by atoms with Gasteiger partial charge in [0.15, 0.2) is 12.6 Å². The molecule has 0 spiro atoms. The second kappa shape index (κ2) is 11.2. The standard InChI is InChI=1S/C17H25F3N4O2.HI/c1-16(2,3)24-14(25)10-23-15(21-4)22-9-12-6-5-7-13(8-12)26-11-17(18,19)20;/h5-8H,9-11H2,1-4H3,(H,24,25)(H2,21,22,23);1H. The van der Waals surface area contributed by atoms with Crippen LogP contribution in [-0.4, -0.2) is 43.8 Å². The highest BCUT2D eigenvalue weighted by atomic mass is 127. The van der Waals surface area contributed by atoms with Gasteiger partial charge in [-0.15, -0.1) is 24.0 Å². The first-order valence-electron chi connectivity index (χ1n) is 8.02. The number of alkyl halides is 3. The number of guanidine groups is 1. The van der Waals surface area contributed by atoms with Crippen LogP contribution < -0.4 is 20.7 Å². The van der Waals surface area contributed by atoms with Gasteiger partial charge in [-0.25, -0.2) is 0 Å². The number of ether oxygens (including phenoxy) is 1. The fraction of sp³-hybridized carbons (Fsp3) is 0.529. The van der Waals surface area contributed by atoms with E-state index in [1.807, 2.05) is 20.8 Å². The van der Waals surface area contributed by atoms with Crippen LogP contribution in [0.2, 0.25) is 0 Å². The molecule has 0 unspecified atom stereocenters. The summed E-state index contributed by atoms with van der Waals surface area (Å²) in [5, 5.41) is 8.67. The van der Waals surface area contributed by atoms with Crippen molar-refractivity contribution in [3.63, 3.8) is 0 Å². The van der Waals surface area contributed by atoms with Gasteiger partial charge in [-0.3, -0.25) is 9.79 Å². The lowest BCUT2D eigenvalue weighted by Gasteiger charge is -2.21. The monoisotopic (exact) mass is 502 g/mol. The van der Waals surface area contributed by atoms with E-state index in [1.165, 1.54) is 12.1 Å². The first-order chi connectivity index (χ1) is 12.0. The molecule has 0 aliphatic carbocycles. The van der Waals surface area contributed by atoms with Gasteiger partial charge in [0.1, 0.15) is 5.75 Å². The third-order valence-corrected chi connectivity index (χ3v) is 2.92. The molecule has 6 nitrogen and oxygen atoms in total. The maximum Gasteiger partial charge on any atom is 0.422 e. The molecule has 0 radical (unpaired) electrons. The fourth-order valence-corrected chi connectivity index (χ4v) is 1.94. The zero-order valence-corrected chi connectivity index (χ0v) is 18.1. The lowest BCUT2D eigenvalue weighted by molar-refractivity contribution is -0.153. The quantitative estimate of drug-likeness (QED) is 0.318. The molecule has 154 valence electrons. The minimum Gasteiger partial charge on any atom is -0.484 e. The highest BCUT2D eigenvalue weighted by molar-refractivity contribution is 14.0. The van der Waals surface area contributed by atoms with E-state index in [1.54, 1.807) is 19.2 Å². The topological polar surface area (TPSA) is 74.8 Å². The van der Waals surface area contributed by atoms with Crippen molar-refractivity contribution >= 4 is 35.8 Å². The third-order valence-electron chi connectivity index (χ3n) is 2.92. The van der Waals surface area contributed by atoms with E-state index >= 15 is 0 Å². The number of hydrogen-bond donors (Lipinski definition) is 3. The highest BCUT2D eigenvalue weighted by Gasteiger charge is 2.28. The van der Waals surface area contributed by atoms with Crippen LogP contribution in [0, 0.1) is 0 Å². The predicted molar refractivity (Wildman–Crippen MR) is 110 cm³/mol. The van der Waals surface area contributed by atoms with Crippen LogP contribution in [0.5, 0.6) is 5.75 Å². The minimum absolute atomic E-state index is 0. The summed E-state index contributed by atoms with van der Waals surface area (Å²) in [6.07, 6.45) is -4.38. The lowest BCUT2D eigenvalue weighted by atomic mass is 10.1. The van der Waals surface area contributed by atoms with Gasteiger partial charge in [-0.05, 0) is 38.5 Å². The van der Waals surface area contributed by atoms with Crippen LogP contribution in [0.25, 0.3) is 0 Å². The van der Waals surface area contributed by atoms with Crippen molar-refractivity contribution in [3.05, 3.63) is 29.8 Å². The van der Waals surface area contributed by atoms with Gasteiger partial charge in [-0.1, -0.05) is 12.1 Å². The molecule has 0 heterocycles. The normalized spacial score (nSPS) is 12.0. The average molecular weight is 502 g/mol. The summed E-state index contributed by atoms with van der Waals surface area (Å²) in [4.78, 5) is 15.8. The number of nitrogens with zero attached hydrogens (tertiary/aromatic N) is 1. The minimum atomic E-state index is -4.38. The number of halogens is 4. The fourth-order valence-electron chi connectivity index (χ4n) is 1.94. The molecule has 1 rings (SSSR count). The van der Waals surface area contributed by atoms with Gasteiger partial charge in [0, 0.05) is 19.1 Å². The molecule has 1 aromatic rings. The summed E-state index contributed by atoms with van der Waals surface area (Å²) < 4.78 is 41.3. The van der Waals surface area contributed by atoms with Crippen LogP contribution in [0.3, 0.4) is 0 Å². The van der Waals surface area contributed by atoms with E-state index in [9.17, 15) is 18.0 Å². The summed E-state index contributed by atoms with van der Waals surface area (Å²) >= 11 is 0. The number of rotatable bonds is 6. The maximum absolute atomic E-state index is 12.2. The van der Waals surface area contributed by atoms with E-state index in [4.69, 9.17) is 4.74 Å². The van der Waals surface area contributed by atoms with Crippen molar-refractivity contribution in [2.75, 3.05) is 20.2 Å². The van der Waals surface area contributed by atoms with Crippen LogP contribution >= 0.6 is 24.0 Å². The van der Waals surface area contributed by atoms with E-state index in [2.05, 4.69) is 20.9 Å². The number of benzene rings is 1. The van der Waals surface area contributed by atoms with E-state index < -0.39 is 12.8 Å². The molecule has 0 saturated heterocycles. The van der Waals surface area contributed by atoms with Crippen molar-refractivity contribution in [1.82, 2.24) is 16.0 Å². The first kappa shape index (κ1) is 25.3. The Labute approximate surface area is 174 Å². The molecule has 10 heteroatoms. The Kier molecular flexibility index (Phi) is 10.5. The molecule has 0 saturated carbocycles. The van der Waals surface area contributed by atoms with Gasteiger partial charge in [0.25, 0.3) is 0 Å². The Bertz CT molecular complexity index is 631. The van der Waals surface area contributed by atoms with Crippen molar-refractivity contribution in [1.29, 1.82) is 0 Å². The largest absolute Gasteiger partial charge is 0.484 e. The van der Waals surface area contributed by atoms with Gasteiger partial charge in [-0.2, -0.15) is 13.2 Å². The zero-order valence-electron chi connectivity index (χ0n) is 15.7. The van der Waals surface area contributed by atoms with Crippen LogP contribution in [0.1, 0.15) is 26.3 Å². The molecule has 0 aliphatic heterocycles. The van der Waals surface area contributed by atoms with Gasteiger partial charge < -0.3 is 20.7 Å². The smallest absolute Gasteiger partial charge is 0.422 e. The van der Waals surface area contributed by atoms with Crippen LogP contribution in [-0.2, 0) is 11.3 Å². The van der Waals surface area contributed by atoms with Crippen LogP contribution in [0.15, 0.2) is 29.3 Å². The predicted octanol–water partition coefficient (Wildman–Crippen LogP) is 2.83. The number of amides is 1. The summed E-state index contributed by atoms with van der Waals surface area (Å²) in [6.45, 7) is 4.66. The average Bonchev–Trinajstić information content (AvgIpc) is 2.51. The second-order valence-electron chi connectivity index (χ2n) is 6.63. The molecule has 0 aromatic heterocycles. The summed E-state index contributed by atoms with van der Waals surface area (Å²) in [5.74, 6) is 0.354. The Morgan fingerprint density at radius 1 is 1.19 bits per heavy atom. The molecule has 3 N–H and O–H groups in total. The summed E-state index contributed by atoms with van der Waals surface area (Å²) in [6, 6.07) is 6.32. The zero-order chi connectivity index (χ0) is 19.8. The first-order valence-corrected chi connectivity index (χ1v) is 8.02. The van der Waals surface area contributed by atoms with Crippen LogP contribution in [0.4, 0.5) is 13.2 Å². The van der Waals surface area contributed by atoms with E-state index in [-0.39, 0.29) is 47.7 Å². The third kappa shape index (κ3) is 12.3. The molecule has 27 heavy (non-hydrogen) atoms.